The topological polar surface area (TPSA) is 142 Å². The van der Waals surface area contributed by atoms with E-state index in [4.69, 9.17) is 31.8 Å². The molecule has 0 radical (unpaired) electrons. The Hall–Kier alpha value is 3.12. The maximum atomic E-state index is 16.0. The number of halogens is 4. The first-order valence-corrected chi connectivity index (χ1v) is 78.4. The van der Waals surface area contributed by atoms with Gasteiger partial charge in [-0.1, -0.05) is 372 Å². The lowest BCUT2D eigenvalue weighted by atomic mass is 10.3. The van der Waals surface area contributed by atoms with Crippen molar-refractivity contribution in [1.29, 1.82) is 0 Å². The summed E-state index contributed by atoms with van der Waals surface area (Å²) in [4.78, 5) is 0. The standard InChI is InChI=1S/4C26H58FO3PS2/c4*1-7-13-19-25-32(21-15-9-3,22-16-10-4)29-31(27,28)30-33(23-17-11-5,24-18-12-6)26-20-14-8-2/h4*7-26H2,1-6H3. The second-order valence-corrected chi connectivity index (χ2v) is 71.7. The number of rotatable bonds is 96. The summed E-state index contributed by atoms with van der Waals surface area (Å²) in [7, 11) is -32.4. The second kappa shape index (κ2) is 89.3. The predicted octanol–water partition coefficient (Wildman–Crippen LogP) is 44.5. The normalized spacial score (nSPS) is 14.0. The zero-order valence-electron chi connectivity index (χ0n) is 92.0. The molecule has 0 aliphatic heterocycles. The van der Waals surface area contributed by atoms with Crippen LogP contribution in [0.15, 0.2) is 0 Å². The summed E-state index contributed by atoms with van der Waals surface area (Å²) in [6.07, 6.45) is 59.0. The lowest BCUT2D eigenvalue weighted by Crippen LogP contribution is -2.20. The Morgan fingerprint density at radius 1 is 0.121 bits per heavy atom. The summed E-state index contributed by atoms with van der Waals surface area (Å²) in [6, 6.07) is 0. The molecule has 0 amide bonds. The summed E-state index contributed by atoms with van der Waals surface area (Å²) < 4.78 is 167. The van der Waals surface area contributed by atoms with E-state index in [1.165, 1.54) is 0 Å². The van der Waals surface area contributed by atoms with Gasteiger partial charge < -0.3 is 0 Å². The molecule has 816 valence electrons. The van der Waals surface area contributed by atoms with Crippen LogP contribution in [0, 0.1) is 0 Å². The molecule has 0 saturated carbocycles. The van der Waals surface area contributed by atoms with Crippen LogP contribution in [0.2, 0.25) is 0 Å². The van der Waals surface area contributed by atoms with Crippen molar-refractivity contribution in [3.8, 4) is 0 Å². The van der Waals surface area contributed by atoms with E-state index in [0.717, 1.165) is 498 Å². The van der Waals surface area contributed by atoms with E-state index in [1.54, 1.807) is 0 Å². The molecule has 0 heterocycles. The summed E-state index contributed by atoms with van der Waals surface area (Å²) >= 11 is 0. The molecule has 0 saturated heterocycles. The summed E-state index contributed by atoms with van der Waals surface area (Å²) in [5, 5.41) is 0. The Morgan fingerprint density at radius 3 is 0.242 bits per heavy atom. The van der Waals surface area contributed by atoms with Crippen molar-refractivity contribution in [3.63, 3.8) is 0 Å². The first kappa shape index (κ1) is 141. The van der Waals surface area contributed by atoms with Crippen LogP contribution in [-0.2, 0) is 50.0 Å². The molecular formula is C104H232F4O12P4S8. The van der Waals surface area contributed by atoms with Crippen molar-refractivity contribution in [2.24, 2.45) is 0 Å². The van der Waals surface area contributed by atoms with E-state index in [-0.39, 0.29) is 0 Å². The molecule has 0 N–H and O–H groups in total. The van der Waals surface area contributed by atoms with Gasteiger partial charge in [0.15, 0.2) is 0 Å². The average molecular weight is 2130 g/mol. The van der Waals surface area contributed by atoms with Crippen LogP contribution >= 0.6 is 114 Å². The molecule has 0 aromatic carbocycles. The van der Waals surface area contributed by atoms with Crippen molar-refractivity contribution in [3.05, 3.63) is 0 Å². The van der Waals surface area contributed by atoms with Gasteiger partial charge in [-0.2, -0.15) is 0 Å². The lowest BCUT2D eigenvalue weighted by molar-refractivity contribution is 0.361. The third-order valence-electron chi connectivity index (χ3n) is 24.9. The predicted molar refractivity (Wildman–Crippen MR) is 616 cm³/mol. The van der Waals surface area contributed by atoms with E-state index in [1.807, 2.05) is 0 Å². The molecule has 0 aliphatic rings. The van der Waals surface area contributed by atoms with E-state index >= 15 is 16.8 Å². The molecule has 12 nitrogen and oxygen atoms in total. The number of unbranched alkanes of at least 4 members (excludes halogenated alkanes) is 32. The number of hydrogen-bond donors (Lipinski definition) is 0. The van der Waals surface area contributed by atoms with Gasteiger partial charge in [0.05, 0.1) is 0 Å². The molecule has 0 unspecified atom stereocenters. The molecule has 28 heteroatoms. The molecule has 0 aromatic rings. The highest BCUT2D eigenvalue weighted by molar-refractivity contribution is 8.35. The van der Waals surface area contributed by atoms with E-state index in [9.17, 15) is 18.3 Å². The van der Waals surface area contributed by atoms with Gasteiger partial charge in [-0.25, -0.2) is 50.0 Å². The Bertz CT molecular complexity index is 2160. The fourth-order valence-corrected chi connectivity index (χ4v) is 60.7. The highest BCUT2D eigenvalue weighted by Gasteiger charge is 2.47. The van der Waals surface area contributed by atoms with Crippen LogP contribution in [0.5, 0.6) is 0 Å². The van der Waals surface area contributed by atoms with Crippen LogP contribution in [0.1, 0.15) is 526 Å². The van der Waals surface area contributed by atoms with E-state index in [0.29, 0.717) is 0 Å². The molecule has 0 spiro atoms. The fraction of sp³-hybridized carbons (Fsp3) is 1.00. The van der Waals surface area contributed by atoms with Crippen LogP contribution in [-0.4, -0.2) is 138 Å². The maximum absolute atomic E-state index is 16.0. The van der Waals surface area contributed by atoms with Gasteiger partial charge in [-0.05, 0) is 292 Å². The molecule has 0 atom stereocenters. The second-order valence-electron chi connectivity index (χ2n) is 38.3. The molecule has 0 bridgehead atoms. The first-order chi connectivity index (χ1) is 63.1. The van der Waals surface area contributed by atoms with Crippen LogP contribution in [0.25, 0.3) is 0 Å². The molecule has 0 rings (SSSR count). The quantitative estimate of drug-likeness (QED) is 0.0325. The highest BCUT2D eigenvalue weighted by atomic mass is 32.3. The smallest absolute Gasteiger partial charge is 0.233 e. The van der Waals surface area contributed by atoms with Crippen molar-refractivity contribution in [2.45, 2.75) is 526 Å². The molecule has 0 aromatic heterocycles. The van der Waals surface area contributed by atoms with Gasteiger partial charge in [0.25, 0.3) is 0 Å². The third kappa shape index (κ3) is 72.4. The van der Waals surface area contributed by atoms with Gasteiger partial charge in [0.1, 0.15) is 0 Å². The van der Waals surface area contributed by atoms with Crippen molar-refractivity contribution >= 4 is 114 Å². The molecule has 0 aliphatic carbocycles. The van der Waals surface area contributed by atoms with Gasteiger partial charge >= 0.3 is 31.6 Å². The first-order valence-electron chi connectivity index (χ1n) is 56.1. The van der Waals surface area contributed by atoms with Gasteiger partial charge in [0.2, 0.25) is 0 Å². The minimum absolute atomic E-state index is 0.854. The van der Waals surface area contributed by atoms with Gasteiger partial charge in [-0.3, -0.25) is 0 Å². The maximum Gasteiger partial charge on any atom is 0.532 e. The summed E-state index contributed by atoms with van der Waals surface area (Å²) in [5.41, 5.74) is 0. The Labute approximate surface area is 837 Å². The highest BCUT2D eigenvalue weighted by Crippen LogP contribution is 2.78. The monoisotopic (exact) mass is 2130 g/mol. The van der Waals surface area contributed by atoms with Crippen LogP contribution in [0.3, 0.4) is 0 Å². The molecule has 132 heavy (non-hydrogen) atoms. The Kier molecular flexibility index (Phi) is 95.7. The summed E-state index contributed by atoms with van der Waals surface area (Å²) in [5.74, 6) is 20.6. The average Bonchev–Trinajstić information content (AvgIpc) is 0.817. The zero-order chi connectivity index (χ0) is 100. The number of hydrogen-bond acceptors (Lipinski definition) is 12. The SMILES string of the molecule is CCCCCS(CCCC)(CCCC)OP(=O)(F)OS(CCCC)(CCCC)CCCCC.CCCCCS(CCCC)(CCCC)OP(=O)(F)OS(CCCC)(CCCC)CCCCC.CCCCCS(CCCC)(CCCC)OP(=O)(F)OS(CCCC)(CCCC)CCCCC.CCCCCS(CCCC)(CCCC)OP(=O)(F)OS(CCCC)(CCCC)CCCCC. The Morgan fingerprint density at radius 2 is 0.182 bits per heavy atom. The van der Waals surface area contributed by atoms with Gasteiger partial charge in [-0.15, -0.1) is 99.3 Å². The fourth-order valence-electron chi connectivity index (χ4n) is 16.3. The minimum atomic E-state index is -4.62. The largest absolute Gasteiger partial charge is 0.532 e. The van der Waals surface area contributed by atoms with E-state index < -0.39 is 114 Å². The lowest BCUT2D eigenvalue weighted by Gasteiger charge is -2.44. The third-order valence-corrected chi connectivity index (χ3v) is 65.5. The zero-order valence-corrected chi connectivity index (χ0v) is 102. The van der Waals surface area contributed by atoms with Crippen molar-refractivity contribution in [1.82, 2.24) is 0 Å². The Balaban J connectivity index is -0.000000827. The van der Waals surface area contributed by atoms with Crippen molar-refractivity contribution in [2.75, 3.05) is 138 Å². The minimum Gasteiger partial charge on any atom is -0.233 e. The van der Waals surface area contributed by atoms with Gasteiger partial charge in [0, 0.05) is 0 Å². The van der Waals surface area contributed by atoms with Crippen LogP contribution in [0.4, 0.5) is 16.8 Å². The molecular weight excluding hydrogens is 1900 g/mol. The summed E-state index contributed by atoms with van der Waals surface area (Å²) in [6.45, 7) is 52.2. The molecule has 0 fully saturated rings. The van der Waals surface area contributed by atoms with Crippen molar-refractivity contribution < 1.29 is 66.8 Å². The van der Waals surface area contributed by atoms with E-state index in [2.05, 4.69) is 166 Å². The van der Waals surface area contributed by atoms with Crippen LogP contribution < -0.4 is 0 Å².